The fourth-order valence-electron chi connectivity index (χ4n) is 2.56. The van der Waals surface area contributed by atoms with Crippen LogP contribution in [0.3, 0.4) is 0 Å². The molecule has 0 aliphatic rings. The van der Waals surface area contributed by atoms with Gasteiger partial charge in [0, 0.05) is 6.42 Å². The molecule has 0 saturated heterocycles. The fraction of sp³-hybridized carbons (Fsp3) is 0.364. The molecule has 0 saturated carbocycles. The van der Waals surface area contributed by atoms with E-state index >= 15 is 0 Å². The number of carbonyl (C=O) groups is 2. The number of aromatic hydroxyl groups is 1. The van der Waals surface area contributed by atoms with Crippen molar-refractivity contribution in [1.82, 2.24) is 5.32 Å². The second-order valence-electron chi connectivity index (χ2n) is 7.50. The summed E-state index contributed by atoms with van der Waals surface area (Å²) in [5.74, 6) is -0.331. The monoisotopic (exact) mass is 401 g/mol. The van der Waals surface area contributed by atoms with Crippen LogP contribution in [0.25, 0.3) is 0 Å². The molecule has 2 aromatic rings. The number of ether oxygens (including phenoxy) is 3. The molecule has 0 fully saturated rings. The zero-order chi connectivity index (χ0) is 21.4. The van der Waals surface area contributed by atoms with Crippen molar-refractivity contribution in [1.29, 1.82) is 0 Å². The van der Waals surface area contributed by atoms with Crippen molar-refractivity contribution in [2.45, 2.75) is 45.4 Å². The van der Waals surface area contributed by atoms with Crippen molar-refractivity contribution in [3.05, 3.63) is 59.7 Å². The number of hydrogen-bond donors (Lipinski definition) is 2. The average Bonchev–Trinajstić information content (AvgIpc) is 2.66. The maximum Gasteiger partial charge on any atom is 0.408 e. The topological polar surface area (TPSA) is 94.1 Å². The summed E-state index contributed by atoms with van der Waals surface area (Å²) in [5.41, 5.74) is 0.940. The third-order valence-corrected chi connectivity index (χ3v) is 3.88. The van der Waals surface area contributed by atoms with Crippen LogP contribution in [0.1, 0.15) is 31.9 Å². The van der Waals surface area contributed by atoms with Gasteiger partial charge in [0.15, 0.2) is 11.5 Å². The van der Waals surface area contributed by atoms with E-state index < -0.39 is 23.7 Å². The van der Waals surface area contributed by atoms with Crippen molar-refractivity contribution in [2.24, 2.45) is 0 Å². The Balaban J connectivity index is 2.10. The maximum atomic E-state index is 12.1. The largest absolute Gasteiger partial charge is 0.504 e. The van der Waals surface area contributed by atoms with Crippen LogP contribution < -0.4 is 10.1 Å². The van der Waals surface area contributed by atoms with E-state index in [2.05, 4.69) is 5.32 Å². The standard InChI is InChI=1S/C22H27NO6/c1-22(2,3)29-21(26)23-17(20(25)27-4)12-16-10-11-18(24)19(13-16)28-14-15-8-6-5-7-9-15/h5-11,13,17,24H,12,14H2,1-4H3,(H,23,26). The van der Waals surface area contributed by atoms with Crippen LogP contribution in [0.5, 0.6) is 11.5 Å². The highest BCUT2D eigenvalue weighted by Gasteiger charge is 2.25. The van der Waals surface area contributed by atoms with Crippen LogP contribution in [-0.2, 0) is 27.3 Å². The van der Waals surface area contributed by atoms with E-state index in [0.29, 0.717) is 5.56 Å². The van der Waals surface area contributed by atoms with Crippen LogP contribution in [0, 0.1) is 0 Å². The number of phenols is 1. The van der Waals surface area contributed by atoms with Gasteiger partial charge in [-0.15, -0.1) is 0 Å². The number of rotatable bonds is 7. The van der Waals surface area contributed by atoms with E-state index in [1.165, 1.54) is 13.2 Å². The van der Waals surface area contributed by atoms with Crippen LogP contribution in [0.15, 0.2) is 48.5 Å². The Bertz CT molecular complexity index is 829. The maximum absolute atomic E-state index is 12.1. The molecule has 0 aromatic heterocycles. The van der Waals surface area contributed by atoms with Crippen molar-refractivity contribution in [2.75, 3.05) is 7.11 Å². The Morgan fingerprint density at radius 2 is 1.76 bits per heavy atom. The lowest BCUT2D eigenvalue weighted by Gasteiger charge is -2.22. The van der Waals surface area contributed by atoms with E-state index in [1.807, 2.05) is 30.3 Å². The Hall–Kier alpha value is -3.22. The molecule has 156 valence electrons. The van der Waals surface area contributed by atoms with Gasteiger partial charge < -0.3 is 24.6 Å². The quantitative estimate of drug-likeness (QED) is 0.689. The summed E-state index contributed by atoms with van der Waals surface area (Å²) in [4.78, 5) is 24.2. The molecule has 0 aliphatic carbocycles. The fourth-order valence-corrected chi connectivity index (χ4v) is 2.56. The van der Waals surface area contributed by atoms with Gasteiger partial charge in [0.25, 0.3) is 0 Å². The third-order valence-electron chi connectivity index (χ3n) is 3.88. The van der Waals surface area contributed by atoms with Crippen LogP contribution in [0.2, 0.25) is 0 Å². The summed E-state index contributed by atoms with van der Waals surface area (Å²) < 4.78 is 15.7. The molecule has 0 radical (unpaired) electrons. The van der Waals surface area contributed by atoms with E-state index in [9.17, 15) is 14.7 Å². The van der Waals surface area contributed by atoms with Gasteiger partial charge in [-0.05, 0) is 44.0 Å². The zero-order valence-corrected chi connectivity index (χ0v) is 17.1. The number of alkyl carbamates (subject to hydrolysis) is 1. The van der Waals surface area contributed by atoms with Crippen LogP contribution >= 0.6 is 0 Å². The zero-order valence-electron chi connectivity index (χ0n) is 17.1. The van der Waals surface area contributed by atoms with Gasteiger partial charge in [0.2, 0.25) is 0 Å². The number of amides is 1. The highest BCUT2D eigenvalue weighted by Crippen LogP contribution is 2.28. The van der Waals surface area contributed by atoms with Gasteiger partial charge >= 0.3 is 12.1 Å². The van der Waals surface area contributed by atoms with Crippen molar-refractivity contribution in [3.8, 4) is 11.5 Å². The highest BCUT2D eigenvalue weighted by molar-refractivity contribution is 5.81. The van der Waals surface area contributed by atoms with Crippen molar-refractivity contribution < 1.29 is 28.9 Å². The van der Waals surface area contributed by atoms with Gasteiger partial charge in [-0.2, -0.15) is 0 Å². The molecular formula is C22H27NO6. The molecule has 1 atom stereocenters. The molecule has 0 aliphatic heterocycles. The average molecular weight is 401 g/mol. The molecule has 0 bridgehead atoms. The first-order chi connectivity index (χ1) is 13.7. The second-order valence-corrected chi connectivity index (χ2v) is 7.50. The molecule has 2 N–H and O–H groups in total. The second kappa shape index (κ2) is 9.82. The number of methoxy groups -OCH3 is 1. The number of nitrogens with one attached hydrogen (secondary N) is 1. The molecular weight excluding hydrogens is 374 g/mol. The first kappa shape index (κ1) is 22.1. The number of benzene rings is 2. The van der Waals surface area contributed by atoms with E-state index in [0.717, 1.165) is 5.56 Å². The van der Waals surface area contributed by atoms with Crippen LogP contribution in [0.4, 0.5) is 4.79 Å². The summed E-state index contributed by atoms with van der Waals surface area (Å²) in [6, 6.07) is 13.4. The number of hydrogen-bond acceptors (Lipinski definition) is 6. The molecule has 29 heavy (non-hydrogen) atoms. The lowest BCUT2D eigenvalue weighted by molar-refractivity contribution is -0.143. The summed E-state index contributed by atoms with van der Waals surface area (Å²) in [6.45, 7) is 5.48. The molecule has 0 spiro atoms. The first-order valence-corrected chi connectivity index (χ1v) is 9.24. The summed E-state index contributed by atoms with van der Waals surface area (Å²) in [5, 5.41) is 12.6. The van der Waals surface area contributed by atoms with Gasteiger partial charge in [0.05, 0.1) is 7.11 Å². The van der Waals surface area contributed by atoms with Gasteiger partial charge in [-0.25, -0.2) is 9.59 Å². The Kier molecular flexibility index (Phi) is 7.47. The Morgan fingerprint density at radius 3 is 2.38 bits per heavy atom. The van der Waals surface area contributed by atoms with Gasteiger partial charge in [0.1, 0.15) is 18.2 Å². The van der Waals surface area contributed by atoms with Crippen molar-refractivity contribution >= 4 is 12.1 Å². The molecule has 1 amide bonds. The minimum atomic E-state index is -0.943. The highest BCUT2D eigenvalue weighted by atomic mass is 16.6. The third kappa shape index (κ3) is 7.37. The Morgan fingerprint density at radius 1 is 1.07 bits per heavy atom. The van der Waals surface area contributed by atoms with E-state index in [-0.39, 0.29) is 24.5 Å². The predicted octanol–water partition coefficient (Wildman–Crippen LogP) is 3.58. The molecule has 1 unspecified atom stereocenters. The SMILES string of the molecule is COC(=O)C(Cc1ccc(O)c(OCc2ccccc2)c1)NC(=O)OC(C)(C)C. The van der Waals surface area contributed by atoms with Crippen molar-refractivity contribution in [3.63, 3.8) is 0 Å². The van der Waals surface area contributed by atoms with Gasteiger partial charge in [-0.1, -0.05) is 36.4 Å². The number of phenolic OH excluding ortho intramolecular Hbond substituents is 1. The normalized spacial score (nSPS) is 12.0. The minimum absolute atomic E-state index is 0.0144. The lowest BCUT2D eigenvalue weighted by atomic mass is 10.1. The van der Waals surface area contributed by atoms with Gasteiger partial charge in [-0.3, -0.25) is 0 Å². The summed E-state index contributed by atoms with van der Waals surface area (Å²) in [6.07, 6.45) is -0.569. The summed E-state index contributed by atoms with van der Waals surface area (Å²) in [7, 11) is 1.25. The lowest BCUT2D eigenvalue weighted by Crippen LogP contribution is -2.45. The smallest absolute Gasteiger partial charge is 0.408 e. The first-order valence-electron chi connectivity index (χ1n) is 9.24. The molecule has 2 aromatic carbocycles. The number of carbonyl (C=O) groups excluding carboxylic acids is 2. The summed E-state index contributed by atoms with van der Waals surface area (Å²) >= 11 is 0. The Labute approximate surface area is 170 Å². The molecule has 7 nitrogen and oxygen atoms in total. The van der Waals surface area contributed by atoms with E-state index in [4.69, 9.17) is 14.2 Å². The minimum Gasteiger partial charge on any atom is -0.504 e. The van der Waals surface area contributed by atoms with Crippen LogP contribution in [-0.4, -0.2) is 35.9 Å². The molecule has 2 rings (SSSR count). The molecule has 7 heteroatoms. The predicted molar refractivity (Wildman–Crippen MR) is 108 cm³/mol. The van der Waals surface area contributed by atoms with E-state index in [1.54, 1.807) is 32.9 Å². The number of esters is 1. The molecule has 0 heterocycles.